The highest BCUT2D eigenvalue weighted by atomic mass is 32.1. The number of para-hydroxylation sites is 1. The molecule has 0 spiro atoms. The van der Waals surface area contributed by atoms with Gasteiger partial charge in [0.1, 0.15) is 11.2 Å². The molecule has 9 aromatic rings. The largest absolute Gasteiger partial charge is 0.456 e. The van der Waals surface area contributed by atoms with Crippen LogP contribution in [0.4, 0.5) is 17.1 Å². The number of anilines is 3. The zero-order chi connectivity index (χ0) is 30.6. The minimum atomic E-state index is -0.0774. The minimum absolute atomic E-state index is 0.0774. The van der Waals surface area contributed by atoms with Crippen molar-refractivity contribution in [3.05, 3.63) is 151 Å². The lowest BCUT2D eigenvalue weighted by atomic mass is 9.82. The minimum Gasteiger partial charge on any atom is -0.456 e. The lowest BCUT2D eigenvalue weighted by Gasteiger charge is -2.28. The first-order valence-electron chi connectivity index (χ1n) is 15.9. The highest BCUT2D eigenvalue weighted by molar-refractivity contribution is 7.27. The second-order valence-corrected chi connectivity index (χ2v) is 14.0. The van der Waals surface area contributed by atoms with Crippen LogP contribution in [-0.4, -0.2) is 0 Å². The Bertz CT molecular complexity index is 2680. The number of nitrogens with zero attached hydrogens (tertiary/aromatic N) is 1. The Hall–Kier alpha value is -5.38. The van der Waals surface area contributed by atoms with E-state index in [2.05, 4.69) is 158 Å². The van der Waals surface area contributed by atoms with E-state index in [4.69, 9.17) is 4.42 Å². The molecule has 0 bridgehead atoms. The van der Waals surface area contributed by atoms with Gasteiger partial charge in [0.25, 0.3) is 0 Å². The summed E-state index contributed by atoms with van der Waals surface area (Å²) in [7, 11) is 0. The maximum absolute atomic E-state index is 6.50. The van der Waals surface area contributed by atoms with E-state index < -0.39 is 0 Å². The second-order valence-electron chi connectivity index (χ2n) is 12.9. The predicted octanol–water partition coefficient (Wildman–Crippen LogP) is 12.9. The summed E-state index contributed by atoms with van der Waals surface area (Å²) in [6.07, 6.45) is 0. The number of hydrogen-bond acceptors (Lipinski definition) is 3. The van der Waals surface area contributed by atoms with Crippen LogP contribution < -0.4 is 4.90 Å². The average Bonchev–Trinajstić information content (AvgIpc) is 3.73. The van der Waals surface area contributed by atoms with Crippen molar-refractivity contribution in [1.82, 2.24) is 0 Å². The quantitative estimate of drug-likeness (QED) is 0.199. The van der Waals surface area contributed by atoms with Gasteiger partial charge in [-0.1, -0.05) is 98.8 Å². The number of furan rings is 1. The molecule has 0 unspecified atom stereocenters. The van der Waals surface area contributed by atoms with Gasteiger partial charge in [-0.05, 0) is 87.6 Å². The van der Waals surface area contributed by atoms with Crippen molar-refractivity contribution >= 4 is 81.3 Å². The molecule has 2 nitrogen and oxygen atoms in total. The monoisotopic (exact) mass is 607 g/mol. The lowest BCUT2D eigenvalue weighted by molar-refractivity contribution is 0.660. The van der Waals surface area contributed by atoms with Crippen LogP contribution in [-0.2, 0) is 5.41 Å². The first-order chi connectivity index (χ1) is 22.6. The summed E-state index contributed by atoms with van der Waals surface area (Å²) in [5, 5.41) is 7.50. The maximum atomic E-state index is 6.50. The molecule has 0 saturated heterocycles. The molecule has 1 aliphatic carbocycles. The third kappa shape index (κ3) is 3.52. The van der Waals surface area contributed by atoms with Crippen molar-refractivity contribution in [2.45, 2.75) is 19.3 Å². The highest BCUT2D eigenvalue weighted by Crippen LogP contribution is 2.51. The fourth-order valence-corrected chi connectivity index (χ4v) is 9.19. The fraction of sp³-hybridized carbons (Fsp3) is 0.0698. The van der Waals surface area contributed by atoms with Gasteiger partial charge in [-0.3, -0.25) is 0 Å². The topological polar surface area (TPSA) is 16.4 Å². The molecular formula is C43H29NOS. The van der Waals surface area contributed by atoms with E-state index in [0.717, 1.165) is 33.6 Å². The third-order valence-electron chi connectivity index (χ3n) is 10.0. The van der Waals surface area contributed by atoms with Crippen LogP contribution >= 0.6 is 11.3 Å². The lowest BCUT2D eigenvalue weighted by Crippen LogP contribution is -2.16. The Morgan fingerprint density at radius 2 is 1.20 bits per heavy atom. The van der Waals surface area contributed by atoms with Crippen molar-refractivity contribution in [2.24, 2.45) is 0 Å². The first-order valence-corrected chi connectivity index (χ1v) is 16.7. The Balaban J connectivity index is 1.21. The van der Waals surface area contributed by atoms with Crippen LogP contribution in [0.3, 0.4) is 0 Å². The summed E-state index contributed by atoms with van der Waals surface area (Å²) in [6, 6.07) is 50.8. The van der Waals surface area contributed by atoms with E-state index in [1.165, 1.54) is 58.6 Å². The third-order valence-corrected chi connectivity index (χ3v) is 11.3. The van der Waals surface area contributed by atoms with Crippen LogP contribution in [0.5, 0.6) is 0 Å². The van der Waals surface area contributed by atoms with Gasteiger partial charge < -0.3 is 9.32 Å². The molecule has 218 valence electrons. The van der Waals surface area contributed by atoms with E-state index in [9.17, 15) is 0 Å². The number of thiophene rings is 1. The van der Waals surface area contributed by atoms with Crippen LogP contribution in [0.2, 0.25) is 0 Å². The molecule has 2 heterocycles. The van der Waals surface area contributed by atoms with E-state index in [0.29, 0.717) is 0 Å². The zero-order valence-corrected chi connectivity index (χ0v) is 26.4. The average molecular weight is 608 g/mol. The van der Waals surface area contributed by atoms with Crippen molar-refractivity contribution in [1.29, 1.82) is 0 Å². The summed E-state index contributed by atoms with van der Waals surface area (Å²) in [4.78, 5) is 2.39. The molecule has 0 fully saturated rings. The van der Waals surface area contributed by atoms with E-state index >= 15 is 0 Å². The highest BCUT2D eigenvalue weighted by Gasteiger charge is 2.35. The van der Waals surface area contributed by atoms with Gasteiger partial charge in [-0.2, -0.15) is 0 Å². The van der Waals surface area contributed by atoms with Crippen molar-refractivity contribution < 1.29 is 4.42 Å². The molecule has 0 N–H and O–H groups in total. The Labute approximate surface area is 270 Å². The molecule has 0 radical (unpaired) electrons. The fourth-order valence-electron chi connectivity index (χ4n) is 7.81. The Morgan fingerprint density at radius 3 is 2.11 bits per heavy atom. The summed E-state index contributed by atoms with van der Waals surface area (Å²) >= 11 is 1.88. The molecule has 3 heteroatoms. The second kappa shape index (κ2) is 9.32. The smallest absolute Gasteiger partial charge is 0.136 e. The molecule has 0 amide bonds. The number of benzene rings is 7. The summed E-state index contributed by atoms with van der Waals surface area (Å²) in [5.74, 6) is 0. The Morgan fingerprint density at radius 1 is 0.500 bits per heavy atom. The molecule has 0 atom stereocenters. The molecular weight excluding hydrogens is 579 g/mol. The standard InChI is InChI=1S/C43H29NOS/c1-43(2)36-15-9-8-14-31(36)32-20-17-29(25-37(32)43)44(27-11-4-3-5-12-27)28-18-22-38-35(24-28)40-39(45-38)23-21-34-33-19-16-26-10-6-7-13-30(26)41(33)46-42(34)40/h3-25H,1-2H3. The van der Waals surface area contributed by atoms with Gasteiger partial charge in [-0.25, -0.2) is 0 Å². The summed E-state index contributed by atoms with van der Waals surface area (Å²) in [6.45, 7) is 4.69. The van der Waals surface area contributed by atoms with Gasteiger partial charge in [0.15, 0.2) is 0 Å². The van der Waals surface area contributed by atoms with Crippen LogP contribution in [0.25, 0.3) is 64.0 Å². The first kappa shape index (κ1) is 25.9. The van der Waals surface area contributed by atoms with Gasteiger partial charge in [0, 0.05) is 53.4 Å². The number of rotatable bonds is 3. The van der Waals surface area contributed by atoms with E-state index in [1.54, 1.807) is 0 Å². The van der Waals surface area contributed by atoms with Crippen molar-refractivity contribution in [3.8, 4) is 11.1 Å². The molecule has 2 aromatic heterocycles. The number of fused-ring (bicyclic) bond motifs is 12. The van der Waals surface area contributed by atoms with E-state index in [-0.39, 0.29) is 5.41 Å². The van der Waals surface area contributed by atoms with Crippen molar-refractivity contribution in [3.63, 3.8) is 0 Å². The normalized spacial score (nSPS) is 13.6. The van der Waals surface area contributed by atoms with Gasteiger partial charge in [-0.15, -0.1) is 11.3 Å². The van der Waals surface area contributed by atoms with Gasteiger partial charge >= 0.3 is 0 Å². The summed E-state index contributed by atoms with van der Waals surface area (Å²) in [5.41, 5.74) is 10.6. The van der Waals surface area contributed by atoms with Gasteiger partial charge in [0.05, 0.1) is 0 Å². The molecule has 46 heavy (non-hydrogen) atoms. The van der Waals surface area contributed by atoms with Crippen LogP contribution in [0, 0.1) is 0 Å². The van der Waals surface area contributed by atoms with Crippen LogP contribution in [0.15, 0.2) is 144 Å². The SMILES string of the molecule is CC1(C)c2ccccc2-c2ccc(N(c3ccccc3)c3ccc4oc5ccc6c7ccc8ccccc8c7sc6c5c4c3)cc21. The van der Waals surface area contributed by atoms with Crippen molar-refractivity contribution in [2.75, 3.05) is 4.90 Å². The van der Waals surface area contributed by atoms with Gasteiger partial charge in [0.2, 0.25) is 0 Å². The molecule has 1 aliphatic rings. The predicted molar refractivity (Wildman–Crippen MR) is 196 cm³/mol. The maximum Gasteiger partial charge on any atom is 0.136 e. The Kier molecular flexibility index (Phi) is 5.25. The molecule has 7 aromatic carbocycles. The summed E-state index contributed by atoms with van der Waals surface area (Å²) < 4.78 is 9.11. The zero-order valence-electron chi connectivity index (χ0n) is 25.5. The van der Waals surface area contributed by atoms with E-state index in [1.807, 2.05) is 11.3 Å². The molecule has 0 aliphatic heterocycles. The molecule has 0 saturated carbocycles. The van der Waals surface area contributed by atoms with Crippen LogP contribution in [0.1, 0.15) is 25.0 Å². The number of hydrogen-bond donors (Lipinski definition) is 0. The molecule has 10 rings (SSSR count).